The quantitative estimate of drug-likeness (QED) is 0.287. The van der Waals surface area contributed by atoms with E-state index in [0.29, 0.717) is 31.0 Å². The van der Waals surface area contributed by atoms with Crippen molar-refractivity contribution in [1.29, 1.82) is 0 Å². The molecule has 8 nitrogen and oxygen atoms in total. The number of nitrogens with zero attached hydrogens (tertiary/aromatic N) is 3. The molecule has 0 unspecified atom stereocenters. The Kier molecular flexibility index (Phi) is 8.73. The number of aromatic amines is 1. The summed E-state index contributed by atoms with van der Waals surface area (Å²) in [5.41, 5.74) is 3.94. The van der Waals surface area contributed by atoms with Crippen LogP contribution in [0.3, 0.4) is 0 Å². The van der Waals surface area contributed by atoms with Crippen LogP contribution in [0.25, 0.3) is 11.0 Å². The van der Waals surface area contributed by atoms with Crippen LogP contribution in [0.4, 0.5) is 0 Å². The molecule has 0 radical (unpaired) electrons. The van der Waals surface area contributed by atoms with Gasteiger partial charge >= 0.3 is 5.69 Å². The summed E-state index contributed by atoms with van der Waals surface area (Å²) in [7, 11) is -3.46. The first-order valence-corrected chi connectivity index (χ1v) is 15.6. The molecule has 1 aliphatic heterocycles. The zero-order valence-electron chi connectivity index (χ0n) is 23.3. The maximum Gasteiger partial charge on any atom is 0.326 e. The van der Waals surface area contributed by atoms with Gasteiger partial charge in [0.05, 0.1) is 15.9 Å². The van der Waals surface area contributed by atoms with Gasteiger partial charge in [-0.05, 0) is 54.3 Å². The normalized spacial score (nSPS) is 15.2. The second-order valence-corrected chi connectivity index (χ2v) is 12.2. The Labute approximate surface area is 236 Å². The van der Waals surface area contributed by atoms with Gasteiger partial charge < -0.3 is 9.72 Å². The molecule has 0 saturated carbocycles. The maximum absolute atomic E-state index is 12.8. The number of ether oxygens (including phenoxy) is 1. The van der Waals surface area contributed by atoms with E-state index >= 15 is 0 Å². The third-order valence-electron chi connectivity index (χ3n) is 7.85. The number of H-pyrrole nitrogens is 1. The third kappa shape index (κ3) is 6.01. The predicted molar refractivity (Wildman–Crippen MR) is 159 cm³/mol. The van der Waals surface area contributed by atoms with Gasteiger partial charge in [0.15, 0.2) is 0 Å². The number of piperidine rings is 1. The van der Waals surface area contributed by atoms with Gasteiger partial charge in [-0.25, -0.2) is 13.2 Å². The zero-order chi connectivity index (χ0) is 28.1. The van der Waals surface area contributed by atoms with Gasteiger partial charge in [0.2, 0.25) is 10.0 Å². The molecule has 5 rings (SSSR count). The molecule has 1 fully saturated rings. The van der Waals surface area contributed by atoms with Crippen LogP contribution >= 0.6 is 0 Å². The molecule has 4 aromatic rings. The minimum Gasteiger partial charge on any atom is -0.492 e. The fraction of sp³-hybridized carbons (Fsp3) is 0.387. The van der Waals surface area contributed by atoms with E-state index in [-0.39, 0.29) is 11.7 Å². The number of sulfonamides is 1. The highest BCUT2D eigenvalue weighted by Crippen LogP contribution is 2.26. The molecular formula is C31H38N4O4S. The first kappa shape index (κ1) is 28.1. The summed E-state index contributed by atoms with van der Waals surface area (Å²) < 4.78 is 35.2. The summed E-state index contributed by atoms with van der Waals surface area (Å²) >= 11 is 0. The van der Waals surface area contributed by atoms with Crippen molar-refractivity contribution >= 4 is 21.1 Å². The average Bonchev–Trinajstić information content (AvgIpc) is 3.31. The Hall–Kier alpha value is -3.40. The smallest absolute Gasteiger partial charge is 0.326 e. The summed E-state index contributed by atoms with van der Waals surface area (Å²) in [6.45, 7) is 7.84. The van der Waals surface area contributed by atoms with Crippen molar-refractivity contribution in [3.05, 3.63) is 94.4 Å². The van der Waals surface area contributed by atoms with Gasteiger partial charge in [-0.3, -0.25) is 9.47 Å². The molecule has 2 heterocycles. The number of rotatable bonds is 11. The Morgan fingerprint density at radius 3 is 2.33 bits per heavy atom. The second-order valence-electron chi connectivity index (χ2n) is 10.3. The molecular weight excluding hydrogens is 524 g/mol. The Balaban J connectivity index is 1.15. The summed E-state index contributed by atoms with van der Waals surface area (Å²) in [5.74, 6) is 0.850. The highest BCUT2D eigenvalue weighted by atomic mass is 32.2. The van der Waals surface area contributed by atoms with Crippen molar-refractivity contribution in [3.63, 3.8) is 0 Å². The number of para-hydroxylation sites is 3. The number of hydrogen-bond donors (Lipinski definition) is 1. The van der Waals surface area contributed by atoms with E-state index in [2.05, 4.69) is 16.0 Å². The van der Waals surface area contributed by atoms with Crippen LogP contribution in [-0.2, 0) is 16.4 Å². The number of benzene rings is 3. The highest BCUT2D eigenvalue weighted by Gasteiger charge is 2.24. The molecule has 1 saturated heterocycles. The van der Waals surface area contributed by atoms with Gasteiger partial charge in [0, 0.05) is 45.2 Å². The molecule has 40 heavy (non-hydrogen) atoms. The molecule has 0 atom stereocenters. The topological polar surface area (TPSA) is 87.6 Å². The van der Waals surface area contributed by atoms with E-state index in [4.69, 9.17) is 4.74 Å². The number of aromatic nitrogens is 2. The van der Waals surface area contributed by atoms with Gasteiger partial charge in [-0.2, -0.15) is 4.31 Å². The molecule has 3 aromatic carbocycles. The molecule has 0 spiro atoms. The van der Waals surface area contributed by atoms with E-state index in [1.54, 1.807) is 12.1 Å². The lowest BCUT2D eigenvalue weighted by molar-refractivity contribution is 0.157. The molecule has 212 valence electrons. The zero-order valence-corrected chi connectivity index (χ0v) is 24.1. The first-order chi connectivity index (χ1) is 19.4. The first-order valence-electron chi connectivity index (χ1n) is 14.1. The summed E-state index contributed by atoms with van der Waals surface area (Å²) in [5, 5.41) is 0. The molecule has 1 aliphatic rings. The molecule has 1 N–H and O–H groups in total. The van der Waals surface area contributed by atoms with E-state index < -0.39 is 10.0 Å². The van der Waals surface area contributed by atoms with Crippen molar-refractivity contribution in [2.75, 3.05) is 39.3 Å². The molecule has 0 amide bonds. The Morgan fingerprint density at radius 2 is 1.60 bits per heavy atom. The number of fused-ring (bicyclic) bond motifs is 1. The minimum atomic E-state index is -3.46. The monoisotopic (exact) mass is 562 g/mol. The van der Waals surface area contributed by atoms with Crippen molar-refractivity contribution < 1.29 is 13.2 Å². The van der Waals surface area contributed by atoms with Crippen molar-refractivity contribution in [2.24, 2.45) is 0 Å². The summed E-state index contributed by atoms with van der Waals surface area (Å²) in [6.07, 6.45) is 2.52. The van der Waals surface area contributed by atoms with Crippen LogP contribution in [0.15, 0.2) is 82.5 Å². The predicted octanol–water partition coefficient (Wildman–Crippen LogP) is 4.67. The van der Waals surface area contributed by atoms with Crippen LogP contribution in [-0.4, -0.2) is 66.5 Å². The Morgan fingerprint density at radius 1 is 0.925 bits per heavy atom. The highest BCUT2D eigenvalue weighted by molar-refractivity contribution is 7.89. The molecule has 0 bridgehead atoms. The summed E-state index contributed by atoms with van der Waals surface area (Å²) in [4.78, 5) is 18.3. The third-order valence-corrected chi connectivity index (χ3v) is 9.91. The largest absolute Gasteiger partial charge is 0.492 e. The molecule has 1 aromatic heterocycles. The van der Waals surface area contributed by atoms with Gasteiger partial charge in [-0.15, -0.1) is 0 Å². The number of nitrogens with one attached hydrogen (secondary N) is 1. The van der Waals surface area contributed by atoms with Crippen LogP contribution < -0.4 is 10.4 Å². The van der Waals surface area contributed by atoms with Crippen molar-refractivity contribution in [1.82, 2.24) is 18.8 Å². The van der Waals surface area contributed by atoms with Crippen molar-refractivity contribution in [2.45, 2.75) is 44.0 Å². The lowest BCUT2D eigenvalue weighted by Crippen LogP contribution is -2.38. The van der Waals surface area contributed by atoms with Crippen LogP contribution in [0.2, 0.25) is 0 Å². The Bertz CT molecular complexity index is 1580. The van der Waals surface area contributed by atoms with Crippen LogP contribution in [0.5, 0.6) is 5.75 Å². The molecule has 0 aliphatic carbocycles. The van der Waals surface area contributed by atoms with Gasteiger partial charge in [0.25, 0.3) is 0 Å². The maximum atomic E-state index is 12.8. The van der Waals surface area contributed by atoms with Crippen LogP contribution in [0.1, 0.15) is 43.9 Å². The lowest BCUT2D eigenvalue weighted by Gasteiger charge is -2.32. The standard InChI is InChI=1S/C31H38N4O4S/c1-3-34(4-2)40(37,38)27-15-13-24(14-16-27)23-25-9-5-8-12-30(25)39-22-21-33-19-17-26(18-20-33)35-29-11-7-6-10-28(29)32-31(35)36/h5-16,26H,3-4,17-23H2,1-2H3,(H,32,36). The van der Waals surface area contributed by atoms with Crippen LogP contribution in [0, 0.1) is 0 Å². The van der Waals surface area contributed by atoms with Gasteiger partial charge in [0.1, 0.15) is 12.4 Å². The minimum absolute atomic E-state index is 0.0280. The SMILES string of the molecule is CCN(CC)S(=O)(=O)c1ccc(Cc2ccccc2OCCN2CCC(n3c(=O)[nH]c4ccccc43)CC2)cc1. The van der Waals surface area contributed by atoms with Gasteiger partial charge in [-0.1, -0.05) is 56.3 Å². The number of likely N-dealkylation sites (tertiary alicyclic amines) is 1. The van der Waals surface area contributed by atoms with Crippen molar-refractivity contribution in [3.8, 4) is 5.75 Å². The van der Waals surface area contributed by atoms with E-state index in [0.717, 1.165) is 60.4 Å². The fourth-order valence-electron chi connectivity index (χ4n) is 5.63. The van der Waals surface area contributed by atoms with E-state index in [1.807, 2.05) is 73.0 Å². The summed E-state index contributed by atoms with van der Waals surface area (Å²) in [6, 6.07) is 23.3. The van der Waals surface area contributed by atoms with E-state index in [9.17, 15) is 13.2 Å². The van der Waals surface area contributed by atoms with E-state index in [1.165, 1.54) is 4.31 Å². The lowest BCUT2D eigenvalue weighted by atomic mass is 10.0. The average molecular weight is 563 g/mol. The second kappa shape index (κ2) is 12.4. The number of hydrogen-bond acceptors (Lipinski definition) is 5. The number of imidazole rings is 1. The molecule has 9 heteroatoms. The fourth-order valence-corrected chi connectivity index (χ4v) is 7.08.